The highest BCUT2D eigenvalue weighted by Gasteiger charge is 2.24. The van der Waals surface area contributed by atoms with Crippen LogP contribution in [-0.2, 0) is 24.8 Å². The Kier molecular flexibility index (Phi) is 9.61. The number of para-hydroxylation sites is 1. The molecular weight excluding hydrogens is 659 g/mol. The van der Waals surface area contributed by atoms with Crippen LogP contribution in [0.25, 0.3) is 0 Å². The first-order valence-electron chi connectivity index (χ1n) is 13.8. The van der Waals surface area contributed by atoms with E-state index in [1.54, 1.807) is 42.5 Å². The van der Waals surface area contributed by atoms with Crippen LogP contribution >= 0.6 is 23.2 Å². The summed E-state index contributed by atoms with van der Waals surface area (Å²) in [5, 5.41) is 2.98. The lowest BCUT2D eigenvalue weighted by Crippen LogP contribution is -2.36. The van der Waals surface area contributed by atoms with Gasteiger partial charge in [-0.15, -0.1) is 0 Å². The van der Waals surface area contributed by atoms with E-state index in [4.69, 9.17) is 27.9 Å². The highest BCUT2D eigenvalue weighted by atomic mass is 35.5. The first kappa shape index (κ1) is 32.6. The number of hydrogen-bond donors (Lipinski definition) is 3. The molecule has 1 heterocycles. The van der Waals surface area contributed by atoms with Crippen molar-refractivity contribution in [2.45, 2.75) is 23.6 Å². The molecule has 1 aliphatic rings. The van der Waals surface area contributed by atoms with Crippen LogP contribution in [0.15, 0.2) is 88.7 Å². The van der Waals surface area contributed by atoms with Crippen LogP contribution < -0.4 is 19.7 Å². The van der Waals surface area contributed by atoms with Gasteiger partial charge in [0.2, 0.25) is 0 Å². The molecule has 0 radical (unpaired) electrons. The number of ether oxygens (including phenoxy) is 1. The Labute approximate surface area is 272 Å². The highest BCUT2D eigenvalue weighted by Crippen LogP contribution is 2.33. The summed E-state index contributed by atoms with van der Waals surface area (Å²) in [6, 6.07) is 19.7. The molecule has 1 aliphatic heterocycles. The topological polar surface area (TPSA) is 134 Å². The third-order valence-electron chi connectivity index (χ3n) is 7.25. The van der Waals surface area contributed by atoms with E-state index >= 15 is 0 Å². The summed E-state index contributed by atoms with van der Waals surface area (Å²) < 4.78 is 63.6. The summed E-state index contributed by atoms with van der Waals surface area (Å²) in [6.45, 7) is 5.69. The number of carbonyl (C=O) groups is 1. The van der Waals surface area contributed by atoms with Crippen molar-refractivity contribution < 1.29 is 26.4 Å². The zero-order chi connectivity index (χ0) is 32.4. The molecule has 1 amide bonds. The molecule has 0 unspecified atom stereocenters. The lowest BCUT2D eigenvalue weighted by atomic mass is 10.1. The molecule has 14 heteroatoms. The van der Waals surface area contributed by atoms with Gasteiger partial charge in [-0.25, -0.2) is 16.8 Å². The summed E-state index contributed by atoms with van der Waals surface area (Å²) in [5.74, 6) is -0.730. The Hall–Kier alpha value is -3.81. The van der Waals surface area contributed by atoms with Crippen molar-refractivity contribution in [3.8, 4) is 0 Å². The van der Waals surface area contributed by atoms with Gasteiger partial charge in [-0.1, -0.05) is 41.4 Å². The molecule has 0 atom stereocenters. The molecule has 10 nitrogen and oxygen atoms in total. The number of amides is 1. The molecule has 0 saturated carbocycles. The van der Waals surface area contributed by atoms with E-state index in [2.05, 4.69) is 14.8 Å². The number of rotatable bonds is 9. The van der Waals surface area contributed by atoms with E-state index in [0.717, 1.165) is 11.1 Å². The first-order valence-corrected chi connectivity index (χ1v) is 17.5. The Balaban J connectivity index is 1.47. The minimum absolute atomic E-state index is 0.00900. The van der Waals surface area contributed by atoms with Crippen molar-refractivity contribution in [1.29, 1.82) is 0 Å². The van der Waals surface area contributed by atoms with Crippen molar-refractivity contribution in [3.05, 3.63) is 106 Å². The van der Waals surface area contributed by atoms with E-state index in [9.17, 15) is 21.6 Å². The highest BCUT2D eigenvalue weighted by molar-refractivity contribution is 7.93. The third-order valence-corrected chi connectivity index (χ3v) is 10.6. The molecule has 0 aliphatic carbocycles. The maximum atomic E-state index is 13.6. The fourth-order valence-corrected chi connectivity index (χ4v) is 7.29. The van der Waals surface area contributed by atoms with Gasteiger partial charge in [0.05, 0.1) is 55.7 Å². The Morgan fingerprint density at radius 2 is 1.40 bits per heavy atom. The Morgan fingerprint density at radius 1 is 0.733 bits per heavy atom. The zero-order valence-corrected chi connectivity index (χ0v) is 27.4. The monoisotopic (exact) mass is 688 g/mol. The number of carbonyl (C=O) groups excluding carboxylic acids is 1. The Morgan fingerprint density at radius 3 is 2.11 bits per heavy atom. The van der Waals surface area contributed by atoms with Crippen molar-refractivity contribution in [3.63, 3.8) is 0 Å². The summed E-state index contributed by atoms with van der Waals surface area (Å²) in [4.78, 5) is 15.3. The molecule has 0 aromatic heterocycles. The number of benzene rings is 4. The van der Waals surface area contributed by atoms with Crippen LogP contribution in [0.3, 0.4) is 0 Å². The second kappa shape index (κ2) is 13.3. The lowest BCUT2D eigenvalue weighted by molar-refractivity contribution is 0.102. The molecule has 1 fully saturated rings. The molecule has 5 rings (SSSR count). The van der Waals surface area contributed by atoms with Gasteiger partial charge in [0.25, 0.3) is 26.0 Å². The van der Waals surface area contributed by atoms with Gasteiger partial charge in [-0.2, -0.15) is 0 Å². The molecule has 4 aromatic rings. The van der Waals surface area contributed by atoms with E-state index in [0.29, 0.717) is 37.7 Å². The normalized spacial score (nSPS) is 13.7. The molecular formula is C31H30Cl2N4O6S2. The number of hydrogen-bond acceptors (Lipinski definition) is 7. The van der Waals surface area contributed by atoms with Crippen molar-refractivity contribution in [1.82, 2.24) is 0 Å². The molecule has 45 heavy (non-hydrogen) atoms. The SMILES string of the molecule is Cc1ccc(NS(=O)(=O)c2ccc(Cl)c(C(=O)Nc3cc(S(=O)(=O)Nc4ccccc4Cl)ccc3N3CCOCC3)c2)cc1C. The van der Waals surface area contributed by atoms with Gasteiger partial charge in [0, 0.05) is 18.8 Å². The summed E-state index contributed by atoms with van der Waals surface area (Å²) >= 11 is 12.6. The average Bonchev–Trinajstić information content (AvgIpc) is 3.00. The number of morpholine rings is 1. The molecule has 1 saturated heterocycles. The fraction of sp³-hybridized carbons (Fsp3) is 0.194. The molecule has 0 bridgehead atoms. The van der Waals surface area contributed by atoms with E-state index in [-0.39, 0.29) is 36.8 Å². The van der Waals surface area contributed by atoms with Gasteiger partial charge >= 0.3 is 0 Å². The minimum atomic E-state index is -4.12. The standard InChI is InChI=1S/C31H30Cl2N4O6S2/c1-20-7-8-22(17-21(20)2)35-44(39,40)23-9-11-26(32)25(18-23)31(38)34-29-19-24(10-12-30(29)37-13-15-43-16-14-37)45(41,42)36-28-6-4-3-5-27(28)33/h3-12,17-19,35-36H,13-16H2,1-2H3,(H,34,38). The lowest BCUT2D eigenvalue weighted by Gasteiger charge is -2.31. The molecule has 236 valence electrons. The molecule has 3 N–H and O–H groups in total. The number of nitrogens with one attached hydrogen (secondary N) is 3. The van der Waals surface area contributed by atoms with Crippen LogP contribution in [0, 0.1) is 13.8 Å². The second-order valence-corrected chi connectivity index (χ2v) is 14.5. The van der Waals surface area contributed by atoms with Crippen molar-refractivity contribution in [2.24, 2.45) is 0 Å². The number of aryl methyl sites for hydroxylation is 2. The quantitative estimate of drug-likeness (QED) is 0.188. The fourth-order valence-electron chi connectivity index (χ4n) is 4.66. The van der Waals surface area contributed by atoms with Gasteiger partial charge < -0.3 is 15.0 Å². The van der Waals surface area contributed by atoms with Crippen LogP contribution in [0.1, 0.15) is 21.5 Å². The van der Waals surface area contributed by atoms with Crippen molar-refractivity contribution >= 4 is 71.9 Å². The van der Waals surface area contributed by atoms with Crippen molar-refractivity contribution in [2.75, 3.05) is 46.0 Å². The van der Waals surface area contributed by atoms with E-state index in [1.807, 2.05) is 18.7 Å². The number of nitrogens with zero attached hydrogens (tertiary/aromatic N) is 1. The predicted molar refractivity (Wildman–Crippen MR) is 178 cm³/mol. The van der Waals surface area contributed by atoms with E-state index < -0.39 is 26.0 Å². The van der Waals surface area contributed by atoms with Crippen LogP contribution in [0.2, 0.25) is 10.0 Å². The summed E-state index contributed by atoms with van der Waals surface area (Å²) in [7, 11) is -8.20. The third kappa shape index (κ3) is 7.54. The van der Waals surface area contributed by atoms with Crippen LogP contribution in [0.5, 0.6) is 0 Å². The molecule has 0 spiro atoms. The second-order valence-electron chi connectivity index (χ2n) is 10.4. The van der Waals surface area contributed by atoms with Gasteiger partial charge in [0.15, 0.2) is 0 Å². The maximum absolute atomic E-state index is 13.6. The summed E-state index contributed by atoms with van der Waals surface area (Å²) in [5.41, 5.74) is 3.11. The largest absolute Gasteiger partial charge is 0.378 e. The number of sulfonamides is 2. The van der Waals surface area contributed by atoms with Gasteiger partial charge in [0.1, 0.15) is 0 Å². The van der Waals surface area contributed by atoms with Crippen LogP contribution in [0.4, 0.5) is 22.7 Å². The first-order chi connectivity index (χ1) is 21.3. The predicted octanol–water partition coefficient (Wildman–Crippen LogP) is 6.30. The summed E-state index contributed by atoms with van der Waals surface area (Å²) in [6.07, 6.45) is 0. The van der Waals surface area contributed by atoms with Gasteiger partial charge in [-0.3, -0.25) is 14.2 Å². The number of anilines is 4. The maximum Gasteiger partial charge on any atom is 0.262 e. The minimum Gasteiger partial charge on any atom is -0.378 e. The number of halogens is 2. The van der Waals surface area contributed by atoms with Crippen LogP contribution in [-0.4, -0.2) is 49.0 Å². The Bertz CT molecular complexity index is 1980. The smallest absolute Gasteiger partial charge is 0.262 e. The van der Waals surface area contributed by atoms with E-state index in [1.165, 1.54) is 36.4 Å². The molecule has 4 aromatic carbocycles. The zero-order valence-electron chi connectivity index (χ0n) is 24.3. The van der Waals surface area contributed by atoms with Gasteiger partial charge in [-0.05, 0) is 85.6 Å². The average molecular weight is 690 g/mol.